The Kier molecular flexibility index (Phi) is 3.56. The van der Waals surface area contributed by atoms with Crippen LogP contribution in [-0.4, -0.2) is 33.1 Å². The number of carbonyl (C=O) groups excluding carboxylic acids is 1. The predicted octanol–water partition coefficient (Wildman–Crippen LogP) is 2.92. The number of hydrogen-bond acceptors (Lipinski definition) is 4. The maximum Gasteiger partial charge on any atom is 0.410 e. The minimum atomic E-state index is -0.474. The molecule has 0 bridgehead atoms. The SMILES string of the molecule is CC(C)(C)OC(=O)N1CCC1c1ncc(Br)cn1. The monoisotopic (exact) mass is 313 g/mol. The summed E-state index contributed by atoms with van der Waals surface area (Å²) in [5, 5.41) is 0. The molecule has 1 fully saturated rings. The van der Waals surface area contributed by atoms with Crippen molar-refractivity contribution >= 4 is 22.0 Å². The molecule has 6 heteroatoms. The van der Waals surface area contributed by atoms with Crippen molar-refractivity contribution < 1.29 is 9.53 Å². The van der Waals surface area contributed by atoms with Gasteiger partial charge in [0.2, 0.25) is 0 Å². The van der Waals surface area contributed by atoms with Crippen molar-refractivity contribution in [2.24, 2.45) is 0 Å². The highest BCUT2D eigenvalue weighted by Gasteiger charge is 2.37. The summed E-state index contributed by atoms with van der Waals surface area (Å²) in [5.74, 6) is 0.662. The zero-order chi connectivity index (χ0) is 13.3. The summed E-state index contributed by atoms with van der Waals surface area (Å²) >= 11 is 3.29. The fourth-order valence-corrected chi connectivity index (χ4v) is 1.89. The van der Waals surface area contributed by atoms with Crippen LogP contribution in [0.25, 0.3) is 0 Å². The Balaban J connectivity index is 2.04. The van der Waals surface area contributed by atoms with Crippen LogP contribution in [0.3, 0.4) is 0 Å². The van der Waals surface area contributed by atoms with Gasteiger partial charge in [-0.25, -0.2) is 14.8 Å². The lowest BCUT2D eigenvalue weighted by atomic mass is 10.0. The van der Waals surface area contributed by atoms with Crippen molar-refractivity contribution in [3.8, 4) is 0 Å². The van der Waals surface area contributed by atoms with E-state index in [9.17, 15) is 4.79 Å². The van der Waals surface area contributed by atoms with Gasteiger partial charge in [0.15, 0.2) is 5.82 Å². The van der Waals surface area contributed by atoms with Crippen LogP contribution < -0.4 is 0 Å². The van der Waals surface area contributed by atoms with Crippen molar-refractivity contribution in [2.75, 3.05) is 6.54 Å². The van der Waals surface area contributed by atoms with Gasteiger partial charge in [0, 0.05) is 18.9 Å². The Morgan fingerprint density at radius 3 is 2.50 bits per heavy atom. The maximum absolute atomic E-state index is 11.9. The molecule has 1 saturated heterocycles. The number of nitrogens with zero attached hydrogens (tertiary/aromatic N) is 3. The van der Waals surface area contributed by atoms with E-state index in [1.807, 2.05) is 20.8 Å². The summed E-state index contributed by atoms with van der Waals surface area (Å²) in [6.45, 7) is 6.26. The van der Waals surface area contributed by atoms with Crippen LogP contribution in [0.2, 0.25) is 0 Å². The average molecular weight is 314 g/mol. The molecule has 0 saturated carbocycles. The number of ether oxygens (including phenoxy) is 1. The first-order chi connectivity index (χ1) is 8.37. The molecule has 0 N–H and O–H groups in total. The first-order valence-electron chi connectivity index (χ1n) is 5.84. The first kappa shape index (κ1) is 13.3. The molecule has 0 radical (unpaired) electrons. The Hall–Kier alpha value is -1.17. The second-order valence-electron chi connectivity index (χ2n) is 5.24. The molecule has 98 valence electrons. The third-order valence-corrected chi connectivity index (χ3v) is 3.00. The van der Waals surface area contributed by atoms with Gasteiger partial charge >= 0.3 is 6.09 Å². The Morgan fingerprint density at radius 2 is 2.06 bits per heavy atom. The summed E-state index contributed by atoms with van der Waals surface area (Å²) in [5.41, 5.74) is -0.474. The highest BCUT2D eigenvalue weighted by molar-refractivity contribution is 9.10. The lowest BCUT2D eigenvalue weighted by molar-refractivity contribution is -0.00740. The molecule has 1 aliphatic rings. The van der Waals surface area contributed by atoms with Crippen molar-refractivity contribution in [3.63, 3.8) is 0 Å². The number of hydrogen-bond donors (Lipinski definition) is 0. The number of halogens is 1. The van der Waals surface area contributed by atoms with E-state index in [-0.39, 0.29) is 12.1 Å². The van der Waals surface area contributed by atoms with E-state index in [0.29, 0.717) is 12.4 Å². The van der Waals surface area contributed by atoms with Gasteiger partial charge in [-0.05, 0) is 43.1 Å². The van der Waals surface area contributed by atoms with E-state index in [1.54, 1.807) is 17.3 Å². The van der Waals surface area contributed by atoms with Crippen LogP contribution in [0.5, 0.6) is 0 Å². The lowest BCUT2D eigenvalue weighted by Gasteiger charge is -2.40. The second-order valence-corrected chi connectivity index (χ2v) is 6.15. The fraction of sp³-hybridized carbons (Fsp3) is 0.583. The molecule has 2 heterocycles. The molecule has 1 aliphatic heterocycles. The standard InChI is InChI=1S/C12H16BrN3O2/c1-12(2,3)18-11(17)16-5-4-9(16)10-14-6-8(13)7-15-10/h6-7,9H,4-5H2,1-3H3. The van der Waals surface area contributed by atoms with Gasteiger partial charge < -0.3 is 4.74 Å². The van der Waals surface area contributed by atoms with Crippen LogP contribution in [0.1, 0.15) is 39.1 Å². The second kappa shape index (κ2) is 4.84. The molecule has 1 aromatic rings. The Bertz CT molecular complexity index is 442. The molecule has 5 nitrogen and oxygen atoms in total. The van der Waals surface area contributed by atoms with E-state index in [0.717, 1.165) is 10.9 Å². The number of aromatic nitrogens is 2. The molecular weight excluding hydrogens is 298 g/mol. The third-order valence-electron chi connectivity index (χ3n) is 2.59. The van der Waals surface area contributed by atoms with Crippen molar-refractivity contribution in [3.05, 3.63) is 22.7 Å². The largest absolute Gasteiger partial charge is 0.444 e. The zero-order valence-electron chi connectivity index (χ0n) is 10.7. The topological polar surface area (TPSA) is 55.3 Å². The van der Waals surface area contributed by atoms with Crippen molar-refractivity contribution in [1.82, 2.24) is 14.9 Å². The Labute approximate surface area is 115 Å². The van der Waals surface area contributed by atoms with Crippen molar-refractivity contribution in [2.45, 2.75) is 38.8 Å². The van der Waals surface area contributed by atoms with Crippen LogP contribution in [0.15, 0.2) is 16.9 Å². The fourth-order valence-electron chi connectivity index (χ4n) is 1.69. The molecule has 1 amide bonds. The highest BCUT2D eigenvalue weighted by Crippen LogP contribution is 2.32. The van der Waals surface area contributed by atoms with E-state index >= 15 is 0 Å². The minimum absolute atomic E-state index is 0.0621. The van der Waals surface area contributed by atoms with Crippen LogP contribution in [-0.2, 0) is 4.74 Å². The number of likely N-dealkylation sites (tertiary alicyclic amines) is 1. The van der Waals surface area contributed by atoms with E-state index in [1.165, 1.54) is 0 Å². The maximum atomic E-state index is 11.9. The minimum Gasteiger partial charge on any atom is -0.444 e. The highest BCUT2D eigenvalue weighted by atomic mass is 79.9. The lowest BCUT2D eigenvalue weighted by Crippen LogP contribution is -2.47. The summed E-state index contributed by atoms with van der Waals surface area (Å²) in [7, 11) is 0. The van der Waals surface area contributed by atoms with Gasteiger partial charge in [0.05, 0.1) is 10.5 Å². The van der Waals surface area contributed by atoms with Gasteiger partial charge in [0.25, 0.3) is 0 Å². The number of amides is 1. The molecule has 1 aromatic heterocycles. The molecule has 0 spiro atoms. The molecule has 18 heavy (non-hydrogen) atoms. The Morgan fingerprint density at radius 1 is 1.44 bits per heavy atom. The molecule has 0 aliphatic carbocycles. The number of rotatable bonds is 1. The quantitative estimate of drug-likeness (QED) is 0.800. The van der Waals surface area contributed by atoms with E-state index < -0.39 is 5.60 Å². The summed E-state index contributed by atoms with van der Waals surface area (Å²) in [6.07, 6.45) is 3.95. The summed E-state index contributed by atoms with van der Waals surface area (Å²) in [4.78, 5) is 22.0. The first-order valence-corrected chi connectivity index (χ1v) is 6.63. The van der Waals surface area contributed by atoms with E-state index in [2.05, 4.69) is 25.9 Å². The van der Waals surface area contributed by atoms with Gasteiger partial charge in [-0.2, -0.15) is 0 Å². The normalized spacial score (nSPS) is 19.3. The molecule has 1 unspecified atom stereocenters. The van der Waals surface area contributed by atoms with Gasteiger partial charge in [0.1, 0.15) is 5.60 Å². The van der Waals surface area contributed by atoms with Gasteiger partial charge in [-0.1, -0.05) is 0 Å². The van der Waals surface area contributed by atoms with Crippen LogP contribution >= 0.6 is 15.9 Å². The van der Waals surface area contributed by atoms with Crippen molar-refractivity contribution in [1.29, 1.82) is 0 Å². The van der Waals surface area contributed by atoms with E-state index in [4.69, 9.17) is 4.74 Å². The molecule has 0 aromatic carbocycles. The molecule has 1 atom stereocenters. The van der Waals surface area contributed by atoms with Gasteiger partial charge in [-0.3, -0.25) is 4.90 Å². The van der Waals surface area contributed by atoms with Gasteiger partial charge in [-0.15, -0.1) is 0 Å². The summed E-state index contributed by atoms with van der Waals surface area (Å²) in [6, 6.07) is -0.0621. The third kappa shape index (κ3) is 2.98. The number of carbonyl (C=O) groups is 1. The summed E-state index contributed by atoms with van der Waals surface area (Å²) < 4.78 is 6.17. The smallest absolute Gasteiger partial charge is 0.410 e. The molecule has 2 rings (SSSR count). The van der Waals surface area contributed by atoms with Crippen LogP contribution in [0.4, 0.5) is 4.79 Å². The predicted molar refractivity (Wildman–Crippen MR) is 70.0 cm³/mol. The zero-order valence-corrected chi connectivity index (χ0v) is 12.3. The molecular formula is C12H16BrN3O2. The van der Waals surface area contributed by atoms with Crippen LogP contribution in [0, 0.1) is 0 Å². The average Bonchev–Trinajstić information content (AvgIpc) is 2.16.